The number of phenolic OH excluding ortho intramolecular Hbond substituents is 1. The SMILES string of the molecule is CC(C)CCCCc1cc(C(=O)O)c(O)cc1O. The van der Waals surface area contributed by atoms with Crippen molar-refractivity contribution in [3.8, 4) is 11.5 Å². The van der Waals surface area contributed by atoms with Crippen LogP contribution in [-0.2, 0) is 6.42 Å². The molecule has 0 aliphatic heterocycles. The molecule has 100 valence electrons. The number of carboxylic acid groups (broad SMARTS) is 1. The fourth-order valence-electron chi connectivity index (χ4n) is 1.86. The number of aromatic carboxylic acids is 1. The van der Waals surface area contributed by atoms with Gasteiger partial charge in [-0.2, -0.15) is 0 Å². The number of carbonyl (C=O) groups is 1. The molecule has 0 unspecified atom stereocenters. The molecule has 4 heteroatoms. The lowest BCUT2D eigenvalue weighted by molar-refractivity contribution is 0.0693. The summed E-state index contributed by atoms with van der Waals surface area (Å²) in [5, 5.41) is 27.9. The van der Waals surface area contributed by atoms with Crippen LogP contribution in [0.1, 0.15) is 49.0 Å². The van der Waals surface area contributed by atoms with E-state index in [2.05, 4.69) is 13.8 Å². The first kappa shape index (κ1) is 14.4. The Balaban J connectivity index is 2.70. The lowest BCUT2D eigenvalue weighted by Gasteiger charge is -2.08. The van der Waals surface area contributed by atoms with Gasteiger partial charge in [-0.1, -0.05) is 26.7 Å². The number of carboxylic acids is 1. The van der Waals surface area contributed by atoms with Gasteiger partial charge in [0.05, 0.1) is 0 Å². The molecular formula is C14H20O4. The van der Waals surface area contributed by atoms with E-state index < -0.39 is 11.7 Å². The van der Waals surface area contributed by atoms with Crippen LogP contribution >= 0.6 is 0 Å². The normalized spacial score (nSPS) is 10.8. The van der Waals surface area contributed by atoms with Crippen molar-refractivity contribution in [3.05, 3.63) is 23.3 Å². The molecule has 18 heavy (non-hydrogen) atoms. The van der Waals surface area contributed by atoms with E-state index in [1.165, 1.54) is 6.07 Å². The Bertz CT molecular complexity index is 424. The summed E-state index contributed by atoms with van der Waals surface area (Å²) < 4.78 is 0. The Hall–Kier alpha value is -1.71. The predicted molar refractivity (Wildman–Crippen MR) is 69.1 cm³/mol. The highest BCUT2D eigenvalue weighted by molar-refractivity contribution is 5.91. The first-order chi connectivity index (χ1) is 8.41. The Kier molecular flexibility index (Phi) is 5.01. The van der Waals surface area contributed by atoms with Crippen molar-refractivity contribution in [2.24, 2.45) is 5.92 Å². The van der Waals surface area contributed by atoms with E-state index in [-0.39, 0.29) is 11.3 Å². The molecule has 3 N–H and O–H groups in total. The fraction of sp³-hybridized carbons (Fsp3) is 0.500. The summed E-state index contributed by atoms with van der Waals surface area (Å²) in [4.78, 5) is 10.9. The van der Waals surface area contributed by atoms with E-state index in [9.17, 15) is 15.0 Å². The summed E-state index contributed by atoms with van der Waals surface area (Å²) in [7, 11) is 0. The van der Waals surface area contributed by atoms with Crippen LogP contribution in [0.25, 0.3) is 0 Å². The van der Waals surface area contributed by atoms with E-state index in [1.807, 2.05) is 0 Å². The summed E-state index contributed by atoms with van der Waals surface area (Å²) in [5.41, 5.74) is 0.417. The van der Waals surface area contributed by atoms with Gasteiger partial charge in [0, 0.05) is 6.07 Å². The second-order valence-corrected chi connectivity index (χ2v) is 4.94. The van der Waals surface area contributed by atoms with Gasteiger partial charge in [-0.3, -0.25) is 0 Å². The molecule has 0 heterocycles. The Morgan fingerprint density at radius 2 is 1.83 bits per heavy atom. The van der Waals surface area contributed by atoms with Gasteiger partial charge in [-0.15, -0.1) is 0 Å². The van der Waals surface area contributed by atoms with Crippen LogP contribution in [0.15, 0.2) is 12.1 Å². The zero-order valence-electron chi connectivity index (χ0n) is 10.8. The molecule has 0 aliphatic rings. The van der Waals surface area contributed by atoms with Gasteiger partial charge >= 0.3 is 5.97 Å². The number of aryl methyl sites for hydroxylation is 1. The van der Waals surface area contributed by atoms with Crippen LogP contribution in [0.2, 0.25) is 0 Å². The summed E-state index contributed by atoms with van der Waals surface area (Å²) in [6, 6.07) is 2.45. The Morgan fingerprint density at radius 3 is 2.39 bits per heavy atom. The van der Waals surface area contributed by atoms with Crippen LogP contribution in [-0.4, -0.2) is 21.3 Å². The van der Waals surface area contributed by atoms with E-state index in [0.717, 1.165) is 25.3 Å². The maximum absolute atomic E-state index is 10.9. The van der Waals surface area contributed by atoms with Crippen molar-refractivity contribution in [1.29, 1.82) is 0 Å². The van der Waals surface area contributed by atoms with Crippen molar-refractivity contribution in [2.75, 3.05) is 0 Å². The monoisotopic (exact) mass is 252 g/mol. The van der Waals surface area contributed by atoms with Crippen LogP contribution in [0.4, 0.5) is 0 Å². The van der Waals surface area contributed by atoms with Crippen molar-refractivity contribution in [2.45, 2.75) is 39.5 Å². The van der Waals surface area contributed by atoms with Crippen LogP contribution < -0.4 is 0 Å². The molecule has 0 fully saturated rings. The fourth-order valence-corrected chi connectivity index (χ4v) is 1.86. The molecule has 1 aromatic rings. The summed E-state index contributed by atoms with van der Waals surface area (Å²) in [6.07, 6.45) is 3.68. The topological polar surface area (TPSA) is 77.8 Å². The first-order valence-electron chi connectivity index (χ1n) is 6.20. The molecule has 1 rings (SSSR count). The van der Waals surface area contributed by atoms with Gasteiger partial charge in [0.25, 0.3) is 0 Å². The highest BCUT2D eigenvalue weighted by Crippen LogP contribution is 2.28. The summed E-state index contributed by atoms with van der Waals surface area (Å²) >= 11 is 0. The Labute approximate surface area is 107 Å². The second-order valence-electron chi connectivity index (χ2n) is 4.94. The van der Waals surface area contributed by atoms with E-state index >= 15 is 0 Å². The molecule has 0 aromatic heterocycles. The third-order valence-corrected chi connectivity index (χ3v) is 2.90. The van der Waals surface area contributed by atoms with Gasteiger partial charge in [-0.25, -0.2) is 4.79 Å². The molecule has 0 amide bonds. The number of phenols is 2. The number of rotatable bonds is 6. The van der Waals surface area contributed by atoms with Crippen LogP contribution in [0.3, 0.4) is 0 Å². The maximum atomic E-state index is 10.9. The highest BCUT2D eigenvalue weighted by atomic mass is 16.4. The Morgan fingerprint density at radius 1 is 1.17 bits per heavy atom. The predicted octanol–water partition coefficient (Wildman–Crippen LogP) is 3.16. The average Bonchev–Trinajstić information content (AvgIpc) is 2.25. The second kappa shape index (κ2) is 6.28. The molecule has 0 bridgehead atoms. The minimum Gasteiger partial charge on any atom is -0.508 e. The number of hydrogen-bond donors (Lipinski definition) is 3. The number of unbranched alkanes of at least 4 members (excludes halogenated alkanes) is 1. The van der Waals surface area contributed by atoms with E-state index in [0.29, 0.717) is 17.9 Å². The lowest BCUT2D eigenvalue weighted by atomic mass is 10.00. The molecular weight excluding hydrogens is 232 g/mol. The minimum absolute atomic E-state index is 0.0398. The maximum Gasteiger partial charge on any atom is 0.339 e. The molecule has 4 nitrogen and oxygen atoms in total. The minimum atomic E-state index is -1.18. The number of benzene rings is 1. The van der Waals surface area contributed by atoms with Gasteiger partial charge in [-0.05, 0) is 30.4 Å². The quantitative estimate of drug-likeness (QED) is 0.679. The molecule has 0 saturated heterocycles. The van der Waals surface area contributed by atoms with Crippen LogP contribution in [0, 0.1) is 5.92 Å². The molecule has 0 spiro atoms. The molecule has 0 radical (unpaired) electrons. The van der Waals surface area contributed by atoms with E-state index in [1.54, 1.807) is 0 Å². The van der Waals surface area contributed by atoms with Crippen LogP contribution in [0.5, 0.6) is 11.5 Å². The van der Waals surface area contributed by atoms with Gasteiger partial charge < -0.3 is 15.3 Å². The molecule has 0 atom stereocenters. The van der Waals surface area contributed by atoms with Crippen molar-refractivity contribution < 1.29 is 20.1 Å². The van der Waals surface area contributed by atoms with Crippen molar-refractivity contribution in [3.63, 3.8) is 0 Å². The van der Waals surface area contributed by atoms with Gasteiger partial charge in [0.15, 0.2) is 0 Å². The number of hydrogen-bond acceptors (Lipinski definition) is 3. The standard InChI is InChI=1S/C14H20O4/c1-9(2)5-3-4-6-10-7-11(14(17)18)13(16)8-12(10)15/h7-9,15-16H,3-6H2,1-2H3,(H,17,18). The summed E-state index contributed by atoms with van der Waals surface area (Å²) in [5.74, 6) is -0.975. The van der Waals surface area contributed by atoms with Crippen molar-refractivity contribution in [1.82, 2.24) is 0 Å². The lowest BCUT2D eigenvalue weighted by Crippen LogP contribution is -1.99. The zero-order chi connectivity index (χ0) is 13.7. The summed E-state index contributed by atoms with van der Waals surface area (Å²) in [6.45, 7) is 4.31. The number of aromatic hydroxyl groups is 2. The largest absolute Gasteiger partial charge is 0.508 e. The van der Waals surface area contributed by atoms with Gasteiger partial charge in [0.2, 0.25) is 0 Å². The van der Waals surface area contributed by atoms with E-state index in [4.69, 9.17) is 5.11 Å². The smallest absolute Gasteiger partial charge is 0.339 e. The molecule has 0 aliphatic carbocycles. The third kappa shape index (κ3) is 3.95. The van der Waals surface area contributed by atoms with Gasteiger partial charge in [0.1, 0.15) is 17.1 Å². The third-order valence-electron chi connectivity index (χ3n) is 2.90. The van der Waals surface area contributed by atoms with Crippen molar-refractivity contribution >= 4 is 5.97 Å². The molecule has 0 saturated carbocycles. The average molecular weight is 252 g/mol. The molecule has 1 aromatic carbocycles. The highest BCUT2D eigenvalue weighted by Gasteiger charge is 2.13. The first-order valence-corrected chi connectivity index (χ1v) is 6.20. The zero-order valence-corrected chi connectivity index (χ0v) is 10.8.